The van der Waals surface area contributed by atoms with Crippen molar-refractivity contribution in [2.45, 2.75) is 13.5 Å². The normalized spacial score (nSPS) is 13.3. The van der Waals surface area contributed by atoms with Crippen molar-refractivity contribution in [2.24, 2.45) is 0 Å². The number of benzene rings is 2. The van der Waals surface area contributed by atoms with Crippen molar-refractivity contribution in [1.82, 2.24) is 19.4 Å². The molecule has 9 nitrogen and oxygen atoms in total. The SMILES string of the molecule is CCn1cnc(-c2cc3nccc(Oc4ccc(NC(=O)N5CCN(c6ccccc6F)C5=O)cc4F)c3s2)c1. The molecule has 6 rings (SSSR count). The summed E-state index contributed by atoms with van der Waals surface area (Å²) in [6, 6.07) is 12.0. The largest absolute Gasteiger partial charge is 0.453 e. The van der Waals surface area contributed by atoms with E-state index in [0.29, 0.717) is 11.3 Å². The van der Waals surface area contributed by atoms with Gasteiger partial charge in [0.25, 0.3) is 0 Å². The Balaban J connectivity index is 1.16. The second-order valence-electron chi connectivity index (χ2n) is 8.94. The molecule has 1 fully saturated rings. The van der Waals surface area contributed by atoms with E-state index in [2.05, 4.69) is 15.3 Å². The third kappa shape index (κ3) is 4.73. The highest BCUT2D eigenvalue weighted by molar-refractivity contribution is 7.22. The number of halogens is 2. The van der Waals surface area contributed by atoms with Crippen LogP contribution in [0.15, 0.2) is 73.3 Å². The molecule has 4 amide bonds. The predicted octanol–water partition coefficient (Wildman–Crippen LogP) is 6.72. The number of nitrogens with one attached hydrogen (secondary N) is 1. The number of carbonyl (C=O) groups is 2. The summed E-state index contributed by atoms with van der Waals surface area (Å²) in [5.74, 6) is -0.878. The van der Waals surface area contributed by atoms with Crippen LogP contribution in [0.5, 0.6) is 11.5 Å². The minimum absolute atomic E-state index is 0.0429. The Morgan fingerprint density at radius 1 is 1.05 bits per heavy atom. The van der Waals surface area contributed by atoms with Crippen LogP contribution < -0.4 is 15.0 Å². The second kappa shape index (κ2) is 10.4. The standard InChI is InChI=1S/C28H22F2N6O3S/c1-2-34-15-21(32-16-34)25-14-20-26(40-25)24(9-10-31-20)39-23-8-7-17(13-19(23)30)33-27(37)36-12-11-35(28(36)38)22-6-4-3-5-18(22)29/h3-10,13-16H,2,11-12H2,1H3,(H,33,37). The molecule has 0 radical (unpaired) electrons. The highest BCUT2D eigenvalue weighted by Crippen LogP contribution is 2.39. The second-order valence-corrected chi connectivity index (χ2v) is 9.99. The van der Waals surface area contributed by atoms with E-state index in [-0.39, 0.29) is 30.2 Å². The molecule has 0 saturated carbocycles. The first-order valence-electron chi connectivity index (χ1n) is 12.4. The highest BCUT2D eigenvalue weighted by atomic mass is 32.1. The van der Waals surface area contributed by atoms with Gasteiger partial charge in [0.15, 0.2) is 11.6 Å². The third-order valence-corrected chi connectivity index (χ3v) is 7.59. The molecule has 0 unspecified atom stereocenters. The Labute approximate surface area is 231 Å². The van der Waals surface area contributed by atoms with Gasteiger partial charge in [0, 0.05) is 43.3 Å². The molecule has 0 atom stereocenters. The summed E-state index contributed by atoms with van der Waals surface area (Å²) in [6.45, 7) is 3.03. The van der Waals surface area contributed by atoms with Crippen LogP contribution >= 0.6 is 11.3 Å². The molecule has 0 bridgehead atoms. The summed E-state index contributed by atoms with van der Waals surface area (Å²) in [4.78, 5) is 37.4. The van der Waals surface area contributed by atoms with E-state index in [0.717, 1.165) is 32.8 Å². The van der Waals surface area contributed by atoms with Crippen LogP contribution in [0.2, 0.25) is 0 Å². The molecule has 0 spiro atoms. The molecule has 1 aliphatic heterocycles. The van der Waals surface area contributed by atoms with Crippen LogP contribution in [0.1, 0.15) is 6.92 Å². The van der Waals surface area contributed by atoms with Gasteiger partial charge >= 0.3 is 12.1 Å². The number of imidazole rings is 1. The maximum Gasteiger partial charge on any atom is 0.332 e. The molecule has 3 aromatic heterocycles. The minimum atomic E-state index is -0.746. The maximum atomic E-state index is 15.0. The number of urea groups is 2. The molecular formula is C28H22F2N6O3S. The van der Waals surface area contributed by atoms with Gasteiger partial charge in [-0.25, -0.2) is 28.3 Å². The number of para-hydroxylation sites is 1. The number of rotatable bonds is 6. The molecular weight excluding hydrogens is 538 g/mol. The van der Waals surface area contributed by atoms with E-state index in [9.17, 15) is 14.0 Å². The van der Waals surface area contributed by atoms with Crippen LogP contribution in [0.25, 0.3) is 20.8 Å². The molecule has 4 heterocycles. The average molecular weight is 561 g/mol. The molecule has 0 aliphatic carbocycles. The lowest BCUT2D eigenvalue weighted by molar-refractivity contribution is 0.209. The van der Waals surface area contributed by atoms with E-state index in [1.807, 2.05) is 23.8 Å². The Hall–Kier alpha value is -4.84. The number of anilines is 2. The molecule has 1 aliphatic rings. The number of imide groups is 1. The van der Waals surface area contributed by atoms with Crippen LogP contribution in [0.4, 0.5) is 29.7 Å². The number of fused-ring (bicyclic) bond motifs is 1. The van der Waals surface area contributed by atoms with Gasteiger partial charge in [-0.05, 0) is 37.3 Å². The van der Waals surface area contributed by atoms with Crippen molar-refractivity contribution in [3.8, 4) is 22.1 Å². The van der Waals surface area contributed by atoms with E-state index in [1.165, 1.54) is 46.6 Å². The number of pyridine rings is 1. The Bertz CT molecular complexity index is 1750. The quantitative estimate of drug-likeness (QED) is 0.249. The molecule has 5 aromatic rings. The van der Waals surface area contributed by atoms with Gasteiger partial charge in [0.1, 0.15) is 11.6 Å². The first-order valence-corrected chi connectivity index (χ1v) is 13.3. The summed E-state index contributed by atoms with van der Waals surface area (Å²) in [5, 5.41) is 2.52. The first-order chi connectivity index (χ1) is 19.4. The summed E-state index contributed by atoms with van der Waals surface area (Å²) in [6.07, 6.45) is 5.30. The Kier molecular flexibility index (Phi) is 6.60. The van der Waals surface area contributed by atoms with Crippen molar-refractivity contribution < 1.29 is 23.1 Å². The minimum Gasteiger partial charge on any atom is -0.453 e. The smallest absolute Gasteiger partial charge is 0.332 e. The fraction of sp³-hybridized carbons (Fsp3) is 0.143. The molecule has 40 heavy (non-hydrogen) atoms. The number of aromatic nitrogens is 3. The number of hydrogen-bond donors (Lipinski definition) is 1. The number of thiophene rings is 1. The first kappa shape index (κ1) is 25.4. The van der Waals surface area contributed by atoms with Crippen LogP contribution in [0, 0.1) is 11.6 Å². The lowest BCUT2D eigenvalue weighted by Gasteiger charge is -2.18. The maximum absolute atomic E-state index is 15.0. The van der Waals surface area contributed by atoms with Gasteiger partial charge < -0.3 is 14.6 Å². The zero-order chi connectivity index (χ0) is 27.8. The van der Waals surface area contributed by atoms with Gasteiger partial charge in [-0.2, -0.15) is 0 Å². The van der Waals surface area contributed by atoms with Crippen LogP contribution in [-0.4, -0.2) is 44.6 Å². The van der Waals surface area contributed by atoms with Crippen molar-refractivity contribution in [3.05, 3.63) is 85.0 Å². The van der Waals surface area contributed by atoms with Gasteiger partial charge in [-0.15, -0.1) is 11.3 Å². The summed E-state index contributed by atoms with van der Waals surface area (Å²) < 4.78 is 37.8. The molecule has 1 saturated heterocycles. The van der Waals surface area contributed by atoms with Crippen molar-refractivity contribution in [2.75, 3.05) is 23.3 Å². The van der Waals surface area contributed by atoms with Gasteiger partial charge in [0.05, 0.1) is 39.3 Å². The van der Waals surface area contributed by atoms with Gasteiger partial charge in [-0.1, -0.05) is 12.1 Å². The van der Waals surface area contributed by atoms with Crippen molar-refractivity contribution in [3.63, 3.8) is 0 Å². The number of hydrogen-bond acceptors (Lipinski definition) is 6. The molecule has 12 heteroatoms. The van der Waals surface area contributed by atoms with E-state index in [1.54, 1.807) is 24.7 Å². The number of amides is 4. The van der Waals surface area contributed by atoms with Crippen molar-refractivity contribution in [1.29, 1.82) is 0 Å². The summed E-state index contributed by atoms with van der Waals surface area (Å²) in [5.41, 5.74) is 1.74. The average Bonchev–Trinajstić information content (AvgIpc) is 3.69. The fourth-order valence-corrected chi connectivity index (χ4v) is 5.40. The fourth-order valence-electron chi connectivity index (χ4n) is 4.37. The van der Waals surface area contributed by atoms with Gasteiger partial charge in [-0.3, -0.25) is 9.88 Å². The number of carbonyl (C=O) groups excluding carboxylic acids is 2. The molecule has 202 valence electrons. The number of nitrogens with zero attached hydrogens (tertiary/aromatic N) is 5. The monoisotopic (exact) mass is 560 g/mol. The predicted molar refractivity (Wildman–Crippen MR) is 148 cm³/mol. The van der Waals surface area contributed by atoms with E-state index < -0.39 is 23.7 Å². The molecule has 2 aromatic carbocycles. The Morgan fingerprint density at radius 3 is 2.67 bits per heavy atom. The molecule has 1 N–H and O–H groups in total. The number of ether oxygens (including phenoxy) is 1. The zero-order valence-corrected chi connectivity index (χ0v) is 22.0. The Morgan fingerprint density at radius 2 is 1.90 bits per heavy atom. The zero-order valence-electron chi connectivity index (χ0n) is 21.2. The van der Waals surface area contributed by atoms with Gasteiger partial charge in [0.2, 0.25) is 0 Å². The third-order valence-electron chi connectivity index (χ3n) is 6.43. The number of aryl methyl sites for hydroxylation is 1. The van der Waals surface area contributed by atoms with Crippen LogP contribution in [0.3, 0.4) is 0 Å². The highest BCUT2D eigenvalue weighted by Gasteiger charge is 2.35. The van der Waals surface area contributed by atoms with Crippen LogP contribution in [-0.2, 0) is 6.54 Å². The lowest BCUT2D eigenvalue weighted by atomic mass is 10.3. The van der Waals surface area contributed by atoms with E-state index in [4.69, 9.17) is 4.74 Å². The van der Waals surface area contributed by atoms with E-state index >= 15 is 4.39 Å². The lowest BCUT2D eigenvalue weighted by Crippen LogP contribution is -2.39. The topological polar surface area (TPSA) is 92.6 Å². The summed E-state index contributed by atoms with van der Waals surface area (Å²) >= 11 is 1.44. The van der Waals surface area contributed by atoms with Crippen molar-refractivity contribution >= 4 is 45.0 Å². The summed E-state index contributed by atoms with van der Waals surface area (Å²) in [7, 11) is 0.